The maximum atomic E-state index is 12.8. The lowest BCUT2D eigenvalue weighted by molar-refractivity contribution is -0.144. The first-order chi connectivity index (χ1) is 21.0. The van der Waals surface area contributed by atoms with Gasteiger partial charge in [-0.15, -0.1) is 13.2 Å². The number of amides is 1. The third-order valence-electron chi connectivity index (χ3n) is 6.51. The van der Waals surface area contributed by atoms with Gasteiger partial charge in [-0.25, -0.2) is 4.79 Å². The van der Waals surface area contributed by atoms with Gasteiger partial charge in [0.1, 0.15) is 12.2 Å². The Balaban J connectivity index is 5.48. The Labute approximate surface area is 273 Å². The van der Waals surface area contributed by atoms with Gasteiger partial charge in [0.2, 0.25) is 5.91 Å². The average molecular weight is 666 g/mol. The van der Waals surface area contributed by atoms with E-state index in [1.165, 1.54) is 6.08 Å². The van der Waals surface area contributed by atoms with Crippen LogP contribution in [0.1, 0.15) is 73.1 Å². The summed E-state index contributed by atoms with van der Waals surface area (Å²) in [5.41, 5.74) is 2.95. The molecular formula is C34H54NO6P3. The van der Waals surface area contributed by atoms with Crippen molar-refractivity contribution in [1.29, 1.82) is 0 Å². The number of ether oxygens (including phenoxy) is 1. The van der Waals surface area contributed by atoms with Crippen LogP contribution in [0.25, 0.3) is 0 Å². The summed E-state index contributed by atoms with van der Waals surface area (Å²) in [6.45, 7) is 17.3. The monoisotopic (exact) mass is 665 g/mol. The maximum absolute atomic E-state index is 12.8. The topological polar surface area (TPSA) is 83.1 Å². The van der Waals surface area contributed by atoms with E-state index >= 15 is 0 Å². The molecule has 4 unspecified atom stereocenters. The fraction of sp³-hybridized carbons (Fsp3) is 0.471. The van der Waals surface area contributed by atoms with Gasteiger partial charge in [-0.1, -0.05) is 66.2 Å². The van der Waals surface area contributed by atoms with Crippen LogP contribution in [-0.2, 0) is 27.9 Å². The van der Waals surface area contributed by atoms with Crippen molar-refractivity contribution < 1.29 is 27.9 Å². The van der Waals surface area contributed by atoms with Gasteiger partial charge in [-0.2, -0.15) is 0 Å². The lowest BCUT2D eigenvalue weighted by Crippen LogP contribution is -2.24. The highest BCUT2D eigenvalue weighted by Crippen LogP contribution is 2.21. The molecule has 0 aromatic rings. The van der Waals surface area contributed by atoms with Gasteiger partial charge >= 0.3 is 5.97 Å². The van der Waals surface area contributed by atoms with Gasteiger partial charge in [-0.3, -0.25) is 4.79 Å². The fourth-order valence-corrected chi connectivity index (χ4v) is 4.92. The molecule has 0 aliphatic carbocycles. The van der Waals surface area contributed by atoms with Crippen LogP contribution in [0, 0.1) is 5.92 Å². The molecule has 0 spiro atoms. The molecule has 0 aliphatic rings. The second kappa shape index (κ2) is 26.3. The van der Waals surface area contributed by atoms with E-state index < -0.39 is 0 Å². The van der Waals surface area contributed by atoms with Crippen molar-refractivity contribution in [2.24, 2.45) is 5.92 Å². The van der Waals surface area contributed by atoms with Crippen LogP contribution in [0.4, 0.5) is 0 Å². The molecule has 7 nitrogen and oxygen atoms in total. The van der Waals surface area contributed by atoms with Crippen molar-refractivity contribution in [2.45, 2.75) is 97.6 Å². The van der Waals surface area contributed by atoms with E-state index in [4.69, 9.17) is 18.3 Å². The molecular weight excluding hydrogens is 611 g/mol. The first-order valence-corrected chi connectivity index (χ1v) is 16.2. The number of carbonyl (C=O) groups excluding carboxylic acids is 2. The van der Waals surface area contributed by atoms with E-state index in [0.29, 0.717) is 6.42 Å². The molecule has 0 radical (unpaired) electrons. The molecule has 246 valence electrons. The minimum atomic E-state index is -0.376. The van der Waals surface area contributed by atoms with E-state index in [1.54, 1.807) is 24.4 Å². The average Bonchev–Trinajstić information content (AvgIpc) is 2.97. The van der Waals surface area contributed by atoms with Crippen LogP contribution in [0.5, 0.6) is 0 Å². The Morgan fingerprint density at radius 2 is 1.61 bits per heavy atom. The largest absolute Gasteiger partial charge is 0.458 e. The van der Waals surface area contributed by atoms with Crippen molar-refractivity contribution >= 4 is 40.3 Å². The predicted octanol–water partition coefficient (Wildman–Crippen LogP) is 8.37. The molecule has 0 fully saturated rings. The van der Waals surface area contributed by atoms with Crippen molar-refractivity contribution in [1.82, 2.24) is 5.32 Å². The zero-order valence-electron chi connectivity index (χ0n) is 27.1. The number of carbonyl (C=O) groups is 2. The summed E-state index contributed by atoms with van der Waals surface area (Å²) >= 11 is 0. The van der Waals surface area contributed by atoms with Gasteiger partial charge in [0.15, 0.2) is 0 Å². The summed E-state index contributed by atoms with van der Waals surface area (Å²) < 4.78 is 21.9. The minimum absolute atomic E-state index is 0.0204. The number of hydrogen-bond acceptors (Lipinski definition) is 6. The highest BCUT2D eigenvalue weighted by Gasteiger charge is 2.20. The van der Waals surface area contributed by atoms with Crippen molar-refractivity contribution in [3.8, 4) is 0 Å². The van der Waals surface area contributed by atoms with Gasteiger partial charge in [0.25, 0.3) is 0 Å². The van der Waals surface area contributed by atoms with Crippen LogP contribution < -0.4 is 5.32 Å². The Morgan fingerprint density at radius 3 is 2.20 bits per heavy atom. The van der Waals surface area contributed by atoms with E-state index in [-0.39, 0.29) is 42.2 Å². The number of hydrogen-bond donors (Lipinski definition) is 1. The first-order valence-electron chi connectivity index (χ1n) is 14.8. The van der Waals surface area contributed by atoms with Crippen LogP contribution in [0.3, 0.4) is 0 Å². The Bertz CT molecular complexity index is 1060. The molecule has 10 heteroatoms. The number of esters is 1. The van der Waals surface area contributed by atoms with E-state index in [0.717, 1.165) is 48.8 Å². The van der Waals surface area contributed by atoms with Crippen LogP contribution in [-0.4, -0.2) is 36.3 Å². The van der Waals surface area contributed by atoms with Gasteiger partial charge in [0, 0.05) is 59.1 Å². The van der Waals surface area contributed by atoms with Gasteiger partial charge in [-0.05, 0) is 65.9 Å². The van der Waals surface area contributed by atoms with Crippen molar-refractivity contribution in [3.63, 3.8) is 0 Å². The summed E-state index contributed by atoms with van der Waals surface area (Å²) in [6.07, 6.45) is 23.8. The van der Waals surface area contributed by atoms with Crippen molar-refractivity contribution in [2.75, 3.05) is 0 Å². The second-order valence-electron chi connectivity index (χ2n) is 10.8. The molecule has 0 saturated heterocycles. The summed E-state index contributed by atoms with van der Waals surface area (Å²) in [5, 5.41) is 2.73. The molecule has 0 aliphatic heterocycles. The third-order valence-corrected chi connectivity index (χ3v) is 7.52. The summed E-state index contributed by atoms with van der Waals surface area (Å²) in [5.74, 6) is -0.626. The van der Waals surface area contributed by atoms with E-state index in [2.05, 4.69) is 53.0 Å². The van der Waals surface area contributed by atoms with E-state index in [1.807, 2.05) is 65.0 Å². The summed E-state index contributed by atoms with van der Waals surface area (Å²) in [6, 6.07) is 0. The summed E-state index contributed by atoms with van der Waals surface area (Å²) in [7, 11) is 6.80. The highest BCUT2D eigenvalue weighted by molar-refractivity contribution is 7.10. The number of unbranched alkanes of at least 4 members (excludes halogenated alkanes) is 1. The van der Waals surface area contributed by atoms with Crippen LogP contribution in [0.15, 0.2) is 96.8 Å². The lowest BCUT2D eigenvalue weighted by atomic mass is 9.95. The second-order valence-corrected chi connectivity index (χ2v) is 11.6. The smallest absolute Gasteiger partial charge is 0.330 e. The minimum Gasteiger partial charge on any atom is -0.458 e. The quantitative estimate of drug-likeness (QED) is 0.0295. The molecule has 8 atom stereocenters. The third kappa shape index (κ3) is 20.9. The molecule has 0 bridgehead atoms. The zero-order chi connectivity index (χ0) is 33.3. The Kier molecular flexibility index (Phi) is 25.1. The van der Waals surface area contributed by atoms with E-state index in [9.17, 15) is 9.59 Å². The zero-order valence-corrected chi connectivity index (χ0v) is 30.5. The molecule has 0 aromatic heterocycles. The number of nitrogens with one attached hydrogen (secondary N) is 1. The molecule has 0 rings (SSSR count). The summed E-state index contributed by atoms with van der Waals surface area (Å²) in [4.78, 5) is 24.6. The number of allylic oxidation sites excluding steroid dienone is 7. The first kappa shape index (κ1) is 42.0. The molecule has 0 heterocycles. The van der Waals surface area contributed by atoms with Crippen molar-refractivity contribution in [3.05, 3.63) is 96.8 Å². The molecule has 1 N–H and O–H groups in total. The molecule has 0 aromatic carbocycles. The lowest BCUT2D eigenvalue weighted by Gasteiger charge is -2.22. The molecule has 44 heavy (non-hydrogen) atoms. The molecule has 1 amide bonds. The SMILES string of the molecule is C=C[C@@H](CCC/C=C/C(=O)OC(C/C(C)=C/C=C/CC[C@H](OP)[C@@H](C=C)OP)[C@H](C)/C=C(C)/C=C/NC(=O)C=C(C)C)OP. The Hall–Kier alpha value is -1.97. The van der Waals surface area contributed by atoms with Gasteiger partial charge < -0.3 is 23.6 Å². The normalized spacial score (nSPS) is 16.0. The van der Waals surface area contributed by atoms with Crippen LogP contribution in [0.2, 0.25) is 0 Å². The predicted molar refractivity (Wildman–Crippen MR) is 193 cm³/mol. The maximum Gasteiger partial charge on any atom is 0.330 e. The number of rotatable bonds is 23. The Morgan fingerprint density at radius 1 is 0.886 bits per heavy atom. The van der Waals surface area contributed by atoms with Crippen LogP contribution >= 0.6 is 28.4 Å². The highest BCUT2D eigenvalue weighted by atomic mass is 31.0. The standard InChI is InChI=1S/C34H54NO6P3/c1-8-29(39-42)17-13-11-15-19-34(37)38-32(28(7)23-27(6)20-21-35-33(36)22-25(3)4)24-26(5)16-12-10-14-18-31(41-44)30(9-2)40-43/h8-10,12,15-16,19-23,28-32H,1-2,11,13-14,17-18,24,42-44H2,3-7H3,(H,35,36)/b12-10+,19-15+,21-20+,26-16+,27-23+/t28-,29+,30-,31+,32?/m1/s1. The van der Waals surface area contributed by atoms with Gasteiger partial charge in [0.05, 0.1) is 12.2 Å². The molecule has 0 saturated carbocycles. The fourth-order valence-electron chi connectivity index (χ4n) is 4.10.